The molecule has 2 aliphatic heterocycles. The lowest BCUT2D eigenvalue weighted by Gasteiger charge is -2.44. The Balaban J connectivity index is 1.80. The van der Waals surface area contributed by atoms with Crippen LogP contribution in [-0.2, 0) is 16.4 Å². The molecule has 0 bridgehead atoms. The van der Waals surface area contributed by atoms with Crippen molar-refractivity contribution in [1.29, 1.82) is 0 Å². The molecule has 22 heavy (non-hydrogen) atoms. The zero-order chi connectivity index (χ0) is 15.7. The number of fused-ring (bicyclic) bond motifs is 1. The zero-order valence-corrected chi connectivity index (χ0v) is 14.5. The van der Waals surface area contributed by atoms with Crippen molar-refractivity contribution in [3.63, 3.8) is 0 Å². The lowest BCUT2D eigenvalue weighted by atomic mass is 10.0. The monoisotopic (exact) mass is 342 g/mol. The predicted molar refractivity (Wildman–Crippen MR) is 90.0 cm³/mol. The third kappa shape index (κ3) is 3.32. The highest BCUT2D eigenvalue weighted by Crippen LogP contribution is 2.29. The highest BCUT2D eigenvalue weighted by Gasteiger charge is 2.46. The molecule has 0 amide bonds. The third-order valence-corrected chi connectivity index (χ3v) is 6.82. The standard InChI is InChI=1S/C16H23ClN2O2S/c1-2-7-18-8-9-19(10-13-5-3-4-6-14(13)17)16-12-22(20,21)11-15(16)18/h3-6,15-16H,2,7-12H2,1H3/t15-,16+/m0/s1. The number of rotatable bonds is 4. The summed E-state index contributed by atoms with van der Waals surface area (Å²) in [4.78, 5) is 4.67. The van der Waals surface area contributed by atoms with Crippen LogP contribution in [0.2, 0.25) is 5.02 Å². The largest absolute Gasteiger partial charge is 0.297 e. The molecule has 2 fully saturated rings. The summed E-state index contributed by atoms with van der Waals surface area (Å²) < 4.78 is 24.3. The normalized spacial score (nSPS) is 28.6. The number of halogens is 1. The van der Waals surface area contributed by atoms with Crippen molar-refractivity contribution in [2.24, 2.45) is 0 Å². The first-order chi connectivity index (χ1) is 10.5. The van der Waals surface area contributed by atoms with Crippen LogP contribution in [0.15, 0.2) is 24.3 Å². The maximum atomic E-state index is 12.1. The van der Waals surface area contributed by atoms with E-state index in [0.29, 0.717) is 5.75 Å². The van der Waals surface area contributed by atoms with Crippen LogP contribution in [0.4, 0.5) is 0 Å². The molecule has 0 aliphatic carbocycles. The maximum absolute atomic E-state index is 12.1. The average Bonchev–Trinajstić information content (AvgIpc) is 2.80. The second-order valence-electron chi connectivity index (χ2n) is 6.31. The van der Waals surface area contributed by atoms with Gasteiger partial charge in [0.2, 0.25) is 0 Å². The summed E-state index contributed by atoms with van der Waals surface area (Å²) in [5.74, 6) is 0.582. The molecule has 0 N–H and O–H groups in total. The summed E-state index contributed by atoms with van der Waals surface area (Å²) in [6, 6.07) is 8.07. The van der Waals surface area contributed by atoms with E-state index in [1.165, 1.54) is 0 Å². The van der Waals surface area contributed by atoms with E-state index in [1.54, 1.807) is 0 Å². The van der Waals surface area contributed by atoms with Crippen LogP contribution >= 0.6 is 11.6 Å². The van der Waals surface area contributed by atoms with E-state index in [2.05, 4.69) is 16.7 Å². The van der Waals surface area contributed by atoms with Crippen LogP contribution in [0.1, 0.15) is 18.9 Å². The van der Waals surface area contributed by atoms with Gasteiger partial charge >= 0.3 is 0 Å². The summed E-state index contributed by atoms with van der Waals surface area (Å²) >= 11 is 6.27. The van der Waals surface area contributed by atoms with Crippen LogP contribution in [0, 0.1) is 0 Å². The quantitative estimate of drug-likeness (QED) is 0.839. The highest BCUT2D eigenvalue weighted by molar-refractivity contribution is 7.91. The Kier molecular flexibility index (Phi) is 4.78. The number of sulfone groups is 1. The van der Waals surface area contributed by atoms with E-state index in [9.17, 15) is 8.42 Å². The molecule has 0 saturated carbocycles. The summed E-state index contributed by atoms with van der Waals surface area (Å²) in [5.41, 5.74) is 1.08. The molecule has 2 heterocycles. The molecule has 0 spiro atoms. The Morgan fingerprint density at radius 3 is 2.45 bits per heavy atom. The SMILES string of the molecule is CCCN1CCN(Cc2ccccc2Cl)[C@@H]2CS(=O)(=O)C[C@@H]21. The van der Waals surface area contributed by atoms with Crippen molar-refractivity contribution >= 4 is 21.4 Å². The zero-order valence-electron chi connectivity index (χ0n) is 12.9. The van der Waals surface area contributed by atoms with Gasteiger partial charge in [-0.05, 0) is 24.6 Å². The number of benzene rings is 1. The third-order valence-electron chi connectivity index (χ3n) is 4.75. The highest BCUT2D eigenvalue weighted by atomic mass is 35.5. The van der Waals surface area contributed by atoms with Gasteiger partial charge in [0.15, 0.2) is 9.84 Å². The molecule has 2 aliphatic rings. The van der Waals surface area contributed by atoms with Gasteiger partial charge in [0.25, 0.3) is 0 Å². The Bertz CT molecular complexity index is 635. The molecule has 2 saturated heterocycles. The van der Waals surface area contributed by atoms with Crippen molar-refractivity contribution in [2.75, 3.05) is 31.1 Å². The van der Waals surface area contributed by atoms with Gasteiger partial charge in [-0.3, -0.25) is 9.80 Å². The molecule has 122 valence electrons. The second-order valence-corrected chi connectivity index (χ2v) is 8.87. The minimum absolute atomic E-state index is 0.0987. The topological polar surface area (TPSA) is 40.6 Å². The van der Waals surface area contributed by atoms with Crippen LogP contribution < -0.4 is 0 Å². The van der Waals surface area contributed by atoms with Crippen LogP contribution in [-0.4, -0.2) is 61.4 Å². The molecule has 0 aromatic heterocycles. The number of hydrogen-bond acceptors (Lipinski definition) is 4. The van der Waals surface area contributed by atoms with Crippen molar-refractivity contribution in [2.45, 2.75) is 32.0 Å². The van der Waals surface area contributed by atoms with Gasteiger partial charge in [0.1, 0.15) is 0 Å². The van der Waals surface area contributed by atoms with Crippen molar-refractivity contribution < 1.29 is 8.42 Å². The first-order valence-electron chi connectivity index (χ1n) is 7.92. The fraction of sp³-hybridized carbons (Fsp3) is 0.625. The van der Waals surface area contributed by atoms with Gasteiger partial charge in [-0.15, -0.1) is 0 Å². The van der Waals surface area contributed by atoms with Crippen LogP contribution in [0.3, 0.4) is 0 Å². The number of piperazine rings is 1. The molecular weight excluding hydrogens is 320 g/mol. The first kappa shape index (κ1) is 16.2. The van der Waals surface area contributed by atoms with E-state index in [1.807, 2.05) is 24.3 Å². The molecular formula is C16H23ClN2O2S. The molecule has 6 heteroatoms. The molecule has 3 rings (SSSR count). The van der Waals surface area contributed by atoms with E-state index < -0.39 is 9.84 Å². The minimum Gasteiger partial charge on any atom is -0.297 e. The van der Waals surface area contributed by atoms with Crippen molar-refractivity contribution in [1.82, 2.24) is 9.80 Å². The van der Waals surface area contributed by atoms with Crippen molar-refractivity contribution in [3.05, 3.63) is 34.9 Å². The van der Waals surface area contributed by atoms with Gasteiger partial charge in [-0.25, -0.2) is 8.42 Å². The van der Waals surface area contributed by atoms with E-state index in [-0.39, 0.29) is 17.8 Å². The van der Waals surface area contributed by atoms with Crippen molar-refractivity contribution in [3.8, 4) is 0 Å². The summed E-state index contributed by atoms with van der Waals surface area (Å²) in [6.45, 7) is 5.71. The molecule has 0 unspecified atom stereocenters. The summed E-state index contributed by atoms with van der Waals surface area (Å²) in [6.07, 6.45) is 1.06. The summed E-state index contributed by atoms with van der Waals surface area (Å²) in [5, 5.41) is 0.760. The molecule has 1 aromatic carbocycles. The second kappa shape index (κ2) is 6.48. The van der Waals surface area contributed by atoms with Gasteiger partial charge in [0, 0.05) is 36.7 Å². The lowest BCUT2D eigenvalue weighted by molar-refractivity contribution is 0.0406. The van der Waals surface area contributed by atoms with Gasteiger partial charge in [0.05, 0.1) is 11.5 Å². The Labute approximate surface area is 138 Å². The van der Waals surface area contributed by atoms with Gasteiger partial charge in [-0.2, -0.15) is 0 Å². The molecule has 2 atom stereocenters. The molecule has 1 aromatic rings. The average molecular weight is 343 g/mol. The Hall–Kier alpha value is -0.620. The van der Waals surface area contributed by atoms with E-state index in [0.717, 1.165) is 43.2 Å². The minimum atomic E-state index is -2.93. The Morgan fingerprint density at radius 2 is 1.77 bits per heavy atom. The van der Waals surface area contributed by atoms with Gasteiger partial charge in [-0.1, -0.05) is 36.7 Å². The smallest absolute Gasteiger partial charge is 0.153 e. The van der Waals surface area contributed by atoms with Crippen LogP contribution in [0.25, 0.3) is 0 Å². The molecule has 4 nitrogen and oxygen atoms in total. The van der Waals surface area contributed by atoms with Gasteiger partial charge < -0.3 is 0 Å². The maximum Gasteiger partial charge on any atom is 0.153 e. The fourth-order valence-electron chi connectivity index (χ4n) is 3.70. The van der Waals surface area contributed by atoms with E-state index >= 15 is 0 Å². The Morgan fingerprint density at radius 1 is 1.14 bits per heavy atom. The van der Waals surface area contributed by atoms with Crippen LogP contribution in [0.5, 0.6) is 0 Å². The number of nitrogens with zero attached hydrogens (tertiary/aromatic N) is 2. The molecule has 0 radical (unpaired) electrons. The van der Waals surface area contributed by atoms with E-state index in [4.69, 9.17) is 11.6 Å². The predicted octanol–water partition coefficient (Wildman–Crippen LogP) is 2.03. The summed E-state index contributed by atoms with van der Waals surface area (Å²) in [7, 11) is -2.93. The lowest BCUT2D eigenvalue weighted by Crippen LogP contribution is -2.58. The number of hydrogen-bond donors (Lipinski definition) is 0. The first-order valence-corrected chi connectivity index (χ1v) is 10.1. The fourth-order valence-corrected chi connectivity index (χ4v) is 5.94.